The Morgan fingerprint density at radius 1 is 1.57 bits per heavy atom. The van der Waals surface area contributed by atoms with Gasteiger partial charge in [-0.05, 0) is 18.9 Å². The molecule has 21 heavy (non-hydrogen) atoms. The van der Waals surface area contributed by atoms with E-state index in [0.717, 1.165) is 29.5 Å². The van der Waals surface area contributed by atoms with Crippen LogP contribution in [-0.4, -0.2) is 45.6 Å². The van der Waals surface area contributed by atoms with Gasteiger partial charge in [0.1, 0.15) is 5.52 Å². The molecule has 6 heteroatoms. The highest BCUT2D eigenvalue weighted by Gasteiger charge is 2.39. The molecule has 2 aromatic heterocycles. The minimum absolute atomic E-state index is 0.0253. The van der Waals surface area contributed by atoms with Crippen LogP contribution in [-0.2, 0) is 0 Å². The van der Waals surface area contributed by atoms with Crippen LogP contribution in [0.2, 0.25) is 0 Å². The summed E-state index contributed by atoms with van der Waals surface area (Å²) < 4.78 is 0.981. The molecule has 0 bridgehead atoms. The predicted octanol–water partition coefficient (Wildman–Crippen LogP) is 2.32. The summed E-state index contributed by atoms with van der Waals surface area (Å²) in [5.41, 5.74) is 0.648. The number of pyridine rings is 1. The Kier molecular flexibility index (Phi) is 3.91. The summed E-state index contributed by atoms with van der Waals surface area (Å²) in [4.78, 5) is 22.8. The summed E-state index contributed by atoms with van der Waals surface area (Å²) in [5, 5.41) is 10.2. The number of thiazole rings is 1. The van der Waals surface area contributed by atoms with E-state index < -0.39 is 0 Å². The van der Waals surface area contributed by atoms with Gasteiger partial charge in [-0.2, -0.15) is 0 Å². The van der Waals surface area contributed by atoms with Crippen LogP contribution in [0.25, 0.3) is 10.2 Å². The van der Waals surface area contributed by atoms with Gasteiger partial charge in [0.25, 0.3) is 5.91 Å². The molecule has 1 aliphatic rings. The molecule has 1 unspecified atom stereocenters. The molecule has 0 spiro atoms. The summed E-state index contributed by atoms with van der Waals surface area (Å²) in [6.07, 6.45) is 6.24. The Hall–Kier alpha value is -1.53. The summed E-state index contributed by atoms with van der Waals surface area (Å²) in [5.74, 6) is -0.0253. The highest BCUT2D eigenvalue weighted by molar-refractivity contribution is 7.20. The summed E-state index contributed by atoms with van der Waals surface area (Å²) in [7, 11) is 0. The fourth-order valence-electron chi connectivity index (χ4n) is 3.06. The van der Waals surface area contributed by atoms with Crippen LogP contribution in [0.1, 0.15) is 36.0 Å². The van der Waals surface area contributed by atoms with E-state index in [1.165, 1.54) is 11.3 Å². The number of nitrogens with zero attached hydrogens (tertiary/aromatic N) is 3. The van der Waals surface area contributed by atoms with E-state index in [1.54, 1.807) is 12.4 Å². The highest BCUT2D eigenvalue weighted by atomic mass is 32.1. The second kappa shape index (κ2) is 5.69. The molecular weight excluding hydrogens is 286 g/mol. The van der Waals surface area contributed by atoms with Gasteiger partial charge in [0.05, 0.1) is 17.5 Å². The van der Waals surface area contributed by atoms with Crippen LogP contribution in [0.4, 0.5) is 0 Å². The Morgan fingerprint density at radius 2 is 2.43 bits per heavy atom. The zero-order valence-electron chi connectivity index (χ0n) is 12.1. The largest absolute Gasteiger partial charge is 0.396 e. The fourth-order valence-corrected chi connectivity index (χ4v) is 3.96. The minimum Gasteiger partial charge on any atom is -0.396 e. The molecule has 5 nitrogen and oxygen atoms in total. The van der Waals surface area contributed by atoms with Crippen LogP contribution >= 0.6 is 11.3 Å². The number of fused-ring (bicyclic) bond motifs is 1. The average Bonchev–Trinajstić information content (AvgIpc) is 3.11. The molecule has 3 rings (SSSR count). The van der Waals surface area contributed by atoms with Crippen molar-refractivity contribution in [1.82, 2.24) is 14.9 Å². The zero-order chi connectivity index (χ0) is 14.9. The number of aliphatic hydroxyl groups excluding tert-OH is 1. The monoisotopic (exact) mass is 305 g/mol. The Bertz CT molecular complexity index is 624. The molecular formula is C15H19N3O2S. The lowest BCUT2D eigenvalue weighted by atomic mass is 9.83. The van der Waals surface area contributed by atoms with Crippen molar-refractivity contribution < 1.29 is 9.90 Å². The summed E-state index contributed by atoms with van der Waals surface area (Å²) in [6.45, 7) is 3.59. The van der Waals surface area contributed by atoms with Crippen molar-refractivity contribution in [2.24, 2.45) is 5.41 Å². The van der Waals surface area contributed by atoms with E-state index in [4.69, 9.17) is 0 Å². The molecule has 0 aliphatic carbocycles. The number of hydrogen-bond acceptors (Lipinski definition) is 5. The van der Waals surface area contributed by atoms with Gasteiger partial charge in [0.2, 0.25) is 0 Å². The van der Waals surface area contributed by atoms with Crippen molar-refractivity contribution >= 4 is 27.5 Å². The first-order valence-corrected chi connectivity index (χ1v) is 8.10. The van der Waals surface area contributed by atoms with E-state index in [2.05, 4.69) is 16.9 Å². The third-order valence-corrected chi connectivity index (χ3v) is 5.24. The Morgan fingerprint density at radius 3 is 3.14 bits per heavy atom. The van der Waals surface area contributed by atoms with E-state index in [1.807, 2.05) is 11.0 Å². The standard InChI is InChI=1S/C15H19N3O2S/c1-2-4-15(10-19)5-7-18(9-15)14(20)13-17-11-8-16-6-3-12(11)21-13/h3,6,8,19H,2,4-5,7,9-10H2,1H3. The van der Waals surface area contributed by atoms with Gasteiger partial charge >= 0.3 is 0 Å². The second-order valence-electron chi connectivity index (χ2n) is 5.75. The maximum absolute atomic E-state index is 12.6. The first-order chi connectivity index (χ1) is 10.2. The van der Waals surface area contributed by atoms with Crippen LogP contribution < -0.4 is 0 Å². The lowest BCUT2D eigenvalue weighted by molar-refractivity contribution is 0.0729. The number of rotatable bonds is 4. The smallest absolute Gasteiger partial charge is 0.282 e. The molecule has 1 N–H and O–H groups in total. The van der Waals surface area contributed by atoms with Crippen LogP contribution in [0.15, 0.2) is 18.5 Å². The Balaban J connectivity index is 1.79. The van der Waals surface area contributed by atoms with Crippen molar-refractivity contribution in [2.75, 3.05) is 19.7 Å². The molecule has 1 fully saturated rings. The van der Waals surface area contributed by atoms with Gasteiger partial charge in [0.15, 0.2) is 5.01 Å². The van der Waals surface area contributed by atoms with Crippen molar-refractivity contribution in [3.63, 3.8) is 0 Å². The number of likely N-dealkylation sites (tertiary alicyclic amines) is 1. The lowest BCUT2D eigenvalue weighted by Crippen LogP contribution is -2.34. The number of carbonyl (C=O) groups excluding carboxylic acids is 1. The first kappa shape index (κ1) is 14.4. The number of aromatic nitrogens is 2. The molecule has 0 radical (unpaired) electrons. The number of aliphatic hydroxyl groups is 1. The van der Waals surface area contributed by atoms with Gasteiger partial charge in [-0.25, -0.2) is 4.98 Å². The van der Waals surface area contributed by atoms with E-state index in [-0.39, 0.29) is 17.9 Å². The molecule has 112 valence electrons. The third-order valence-electron chi connectivity index (χ3n) is 4.21. The molecule has 0 aromatic carbocycles. The van der Waals surface area contributed by atoms with Crippen LogP contribution in [0.5, 0.6) is 0 Å². The molecule has 0 saturated carbocycles. The maximum Gasteiger partial charge on any atom is 0.282 e. The first-order valence-electron chi connectivity index (χ1n) is 7.28. The highest BCUT2D eigenvalue weighted by Crippen LogP contribution is 2.35. The van der Waals surface area contributed by atoms with Gasteiger partial charge in [-0.1, -0.05) is 13.3 Å². The molecule has 2 aromatic rings. The van der Waals surface area contributed by atoms with Crippen LogP contribution in [0.3, 0.4) is 0 Å². The topological polar surface area (TPSA) is 66.3 Å². The van der Waals surface area contributed by atoms with Crippen molar-refractivity contribution in [3.8, 4) is 0 Å². The predicted molar refractivity (Wildman–Crippen MR) is 82.4 cm³/mol. The summed E-state index contributed by atoms with van der Waals surface area (Å²) in [6, 6.07) is 1.88. The quantitative estimate of drug-likeness (QED) is 0.941. The summed E-state index contributed by atoms with van der Waals surface area (Å²) >= 11 is 1.41. The van der Waals surface area contributed by atoms with Gasteiger partial charge in [-0.3, -0.25) is 9.78 Å². The number of carbonyl (C=O) groups is 1. The molecule has 3 heterocycles. The third kappa shape index (κ3) is 2.65. The van der Waals surface area contributed by atoms with E-state index in [9.17, 15) is 9.90 Å². The van der Waals surface area contributed by atoms with Crippen molar-refractivity contribution in [1.29, 1.82) is 0 Å². The number of amides is 1. The average molecular weight is 305 g/mol. The van der Waals surface area contributed by atoms with E-state index >= 15 is 0 Å². The molecule has 1 atom stereocenters. The SMILES string of the molecule is CCCC1(CO)CCN(C(=O)c2nc3cnccc3s2)C1. The minimum atomic E-state index is -0.122. The van der Waals surface area contributed by atoms with Gasteiger partial charge in [0, 0.05) is 24.7 Å². The molecule has 1 amide bonds. The van der Waals surface area contributed by atoms with E-state index in [0.29, 0.717) is 18.1 Å². The second-order valence-corrected chi connectivity index (χ2v) is 6.78. The fraction of sp³-hybridized carbons (Fsp3) is 0.533. The van der Waals surface area contributed by atoms with Gasteiger partial charge in [-0.15, -0.1) is 11.3 Å². The van der Waals surface area contributed by atoms with Gasteiger partial charge < -0.3 is 10.0 Å². The maximum atomic E-state index is 12.6. The van der Waals surface area contributed by atoms with Crippen molar-refractivity contribution in [2.45, 2.75) is 26.2 Å². The zero-order valence-corrected chi connectivity index (χ0v) is 12.9. The molecule has 1 aliphatic heterocycles. The lowest BCUT2D eigenvalue weighted by Gasteiger charge is -2.26. The Labute approximate surface area is 127 Å². The number of hydrogen-bond donors (Lipinski definition) is 1. The normalized spacial score (nSPS) is 22.1. The molecule has 1 saturated heterocycles. The van der Waals surface area contributed by atoms with Crippen molar-refractivity contribution in [3.05, 3.63) is 23.5 Å². The van der Waals surface area contributed by atoms with Crippen LogP contribution in [0, 0.1) is 5.41 Å².